The van der Waals surface area contributed by atoms with Crippen LogP contribution in [0, 0.1) is 24.1 Å². The summed E-state index contributed by atoms with van der Waals surface area (Å²) in [6, 6.07) is 11.0. The highest BCUT2D eigenvalue weighted by atomic mass is 19.1. The average molecular weight is 487 g/mol. The number of piperazine rings is 1. The molecule has 5 rings (SSSR count). The molecule has 1 N–H and O–H groups in total. The van der Waals surface area contributed by atoms with Gasteiger partial charge in [-0.05, 0) is 43.8 Å². The lowest BCUT2D eigenvalue weighted by Gasteiger charge is -2.35. The highest BCUT2D eigenvalue weighted by Gasteiger charge is 2.19. The number of ether oxygens (including phenoxy) is 1. The molecule has 0 unspecified atom stereocenters. The van der Waals surface area contributed by atoms with Crippen LogP contribution in [-0.4, -0.2) is 57.1 Å². The van der Waals surface area contributed by atoms with Gasteiger partial charge in [-0.2, -0.15) is 5.26 Å². The van der Waals surface area contributed by atoms with Gasteiger partial charge in [-0.3, -0.25) is 0 Å². The predicted molar refractivity (Wildman–Crippen MR) is 136 cm³/mol. The van der Waals surface area contributed by atoms with Gasteiger partial charge < -0.3 is 24.4 Å². The van der Waals surface area contributed by atoms with Crippen LogP contribution in [0.1, 0.15) is 18.2 Å². The molecule has 184 valence electrons. The molecule has 4 aromatic rings. The largest absolute Gasteiger partial charge is 0.434 e. The topological polar surface area (TPSA) is 95.1 Å². The summed E-state index contributed by atoms with van der Waals surface area (Å²) in [5, 5.41) is 13.3. The SMILES string of the molecule is CCN1CCN(c2ccc(Nc3ncnc(Oc4ccc5c(cc(C)n5C)c4F)c3C#N)nc2)CC1. The number of hydrogen-bond acceptors (Lipinski definition) is 8. The number of likely N-dealkylation sites (N-methyl/N-ethyl adjacent to an activating group) is 1. The third kappa shape index (κ3) is 4.41. The van der Waals surface area contributed by atoms with Crippen molar-refractivity contribution in [3.63, 3.8) is 0 Å². The van der Waals surface area contributed by atoms with Gasteiger partial charge >= 0.3 is 0 Å². The zero-order valence-corrected chi connectivity index (χ0v) is 20.5. The zero-order valence-electron chi connectivity index (χ0n) is 20.5. The molecule has 36 heavy (non-hydrogen) atoms. The van der Waals surface area contributed by atoms with E-state index in [4.69, 9.17) is 4.74 Å². The Morgan fingerprint density at radius 3 is 2.61 bits per heavy atom. The van der Waals surface area contributed by atoms with Crippen LogP contribution in [0.3, 0.4) is 0 Å². The molecular weight excluding hydrogens is 459 g/mol. The first-order chi connectivity index (χ1) is 17.5. The van der Waals surface area contributed by atoms with E-state index >= 15 is 4.39 Å². The minimum Gasteiger partial charge on any atom is -0.434 e. The molecule has 0 atom stereocenters. The lowest BCUT2D eigenvalue weighted by Crippen LogP contribution is -2.46. The third-order valence-electron chi connectivity index (χ3n) is 6.67. The van der Waals surface area contributed by atoms with Crippen molar-refractivity contribution in [2.24, 2.45) is 7.05 Å². The summed E-state index contributed by atoms with van der Waals surface area (Å²) in [6.07, 6.45) is 3.07. The molecule has 9 nitrogen and oxygen atoms in total. The standard InChI is InChI=1S/C26H27FN8O/c1-4-34-9-11-35(12-10-34)18-5-8-23(29-15-18)32-25-20(14-28)26(31-16-30-25)36-22-7-6-21-19(24(22)27)13-17(2)33(21)3/h5-8,13,15-16H,4,9-12H2,1-3H3,(H,29,30,31,32). The van der Waals surface area contributed by atoms with E-state index in [-0.39, 0.29) is 23.0 Å². The van der Waals surface area contributed by atoms with Gasteiger partial charge in [0, 0.05) is 44.3 Å². The fourth-order valence-electron chi connectivity index (χ4n) is 4.40. The molecular formula is C26H27FN8O. The molecule has 3 aromatic heterocycles. The second-order valence-electron chi connectivity index (χ2n) is 8.72. The van der Waals surface area contributed by atoms with E-state index in [9.17, 15) is 5.26 Å². The number of nitriles is 1. The Hall–Kier alpha value is -4.23. The summed E-state index contributed by atoms with van der Waals surface area (Å²) >= 11 is 0. The molecule has 1 saturated heterocycles. The van der Waals surface area contributed by atoms with Gasteiger partial charge in [-0.25, -0.2) is 19.3 Å². The summed E-state index contributed by atoms with van der Waals surface area (Å²) in [6.45, 7) is 9.12. The van der Waals surface area contributed by atoms with E-state index in [1.54, 1.807) is 18.3 Å². The lowest BCUT2D eigenvalue weighted by atomic mass is 10.2. The van der Waals surface area contributed by atoms with Crippen molar-refractivity contribution in [3.8, 4) is 17.7 Å². The van der Waals surface area contributed by atoms with Gasteiger partial charge in [0.25, 0.3) is 0 Å². The maximum Gasteiger partial charge on any atom is 0.242 e. The number of aromatic nitrogens is 4. The van der Waals surface area contributed by atoms with E-state index in [0.29, 0.717) is 11.2 Å². The summed E-state index contributed by atoms with van der Waals surface area (Å²) < 4.78 is 22.8. The van der Waals surface area contributed by atoms with Gasteiger partial charge in [-0.1, -0.05) is 6.92 Å². The zero-order chi connectivity index (χ0) is 25.2. The molecule has 1 aliphatic heterocycles. The summed E-state index contributed by atoms with van der Waals surface area (Å²) in [5.41, 5.74) is 2.78. The van der Waals surface area contributed by atoms with Crippen LogP contribution in [0.2, 0.25) is 0 Å². The van der Waals surface area contributed by atoms with E-state index < -0.39 is 5.82 Å². The molecule has 0 saturated carbocycles. The van der Waals surface area contributed by atoms with Crippen molar-refractivity contribution >= 4 is 28.2 Å². The number of hydrogen-bond donors (Lipinski definition) is 1. The number of nitrogens with one attached hydrogen (secondary N) is 1. The number of nitrogens with zero attached hydrogens (tertiary/aromatic N) is 7. The molecule has 10 heteroatoms. The molecule has 4 heterocycles. The maximum atomic E-state index is 15.2. The molecule has 0 amide bonds. The van der Waals surface area contributed by atoms with Gasteiger partial charge in [0.15, 0.2) is 22.9 Å². The summed E-state index contributed by atoms with van der Waals surface area (Å²) in [5.74, 6) is 0.201. The fourth-order valence-corrected chi connectivity index (χ4v) is 4.40. The minimum absolute atomic E-state index is 0.0140. The Kier molecular flexibility index (Phi) is 6.40. The van der Waals surface area contributed by atoms with Crippen molar-refractivity contribution in [3.05, 3.63) is 59.9 Å². The summed E-state index contributed by atoms with van der Waals surface area (Å²) in [4.78, 5) is 17.5. The monoisotopic (exact) mass is 486 g/mol. The number of anilines is 3. The van der Waals surface area contributed by atoms with Crippen LogP contribution in [-0.2, 0) is 7.05 Å². The van der Waals surface area contributed by atoms with Crippen molar-refractivity contribution in [2.45, 2.75) is 13.8 Å². The quantitative estimate of drug-likeness (QED) is 0.430. The number of pyridine rings is 1. The Bertz CT molecular complexity index is 1440. The van der Waals surface area contributed by atoms with Crippen LogP contribution in [0.4, 0.5) is 21.7 Å². The first kappa shape index (κ1) is 23.5. The van der Waals surface area contributed by atoms with E-state index in [2.05, 4.69) is 43.1 Å². The van der Waals surface area contributed by atoms with Gasteiger partial charge in [0.1, 0.15) is 18.2 Å². The summed E-state index contributed by atoms with van der Waals surface area (Å²) in [7, 11) is 1.88. The number of halogens is 1. The highest BCUT2D eigenvalue weighted by molar-refractivity contribution is 5.83. The Morgan fingerprint density at radius 2 is 1.92 bits per heavy atom. The van der Waals surface area contributed by atoms with Crippen LogP contribution in [0.15, 0.2) is 42.9 Å². The second-order valence-corrected chi connectivity index (χ2v) is 8.72. The second kappa shape index (κ2) is 9.79. The maximum absolute atomic E-state index is 15.2. The number of fused-ring (bicyclic) bond motifs is 1. The van der Waals surface area contributed by atoms with Crippen LogP contribution >= 0.6 is 0 Å². The Balaban J connectivity index is 1.35. The minimum atomic E-state index is -0.509. The lowest BCUT2D eigenvalue weighted by molar-refractivity contribution is 0.271. The molecule has 0 spiro atoms. The van der Waals surface area contributed by atoms with E-state index in [0.717, 1.165) is 49.6 Å². The van der Waals surface area contributed by atoms with Gasteiger partial charge in [0.2, 0.25) is 5.88 Å². The van der Waals surface area contributed by atoms with Gasteiger partial charge in [0.05, 0.1) is 17.4 Å². The number of benzene rings is 1. The molecule has 1 aromatic carbocycles. The normalized spacial score (nSPS) is 14.1. The molecule has 1 aliphatic rings. The molecule has 0 bridgehead atoms. The Labute approximate surface area is 208 Å². The van der Waals surface area contributed by atoms with Crippen LogP contribution < -0.4 is 15.0 Å². The van der Waals surface area contributed by atoms with Crippen molar-refractivity contribution in [2.75, 3.05) is 42.9 Å². The first-order valence-electron chi connectivity index (χ1n) is 11.9. The Morgan fingerprint density at radius 1 is 1.11 bits per heavy atom. The highest BCUT2D eigenvalue weighted by Crippen LogP contribution is 2.33. The van der Waals surface area contributed by atoms with E-state index in [1.807, 2.05) is 30.7 Å². The fraction of sp³-hybridized carbons (Fsp3) is 0.308. The third-order valence-corrected chi connectivity index (χ3v) is 6.67. The molecule has 0 aliphatic carbocycles. The van der Waals surface area contributed by atoms with E-state index in [1.165, 1.54) is 12.4 Å². The number of aryl methyl sites for hydroxylation is 2. The molecule has 0 radical (unpaired) electrons. The van der Waals surface area contributed by atoms with Gasteiger partial charge in [-0.15, -0.1) is 0 Å². The average Bonchev–Trinajstić information content (AvgIpc) is 3.20. The smallest absolute Gasteiger partial charge is 0.242 e. The predicted octanol–water partition coefficient (Wildman–Crippen LogP) is 4.36. The van der Waals surface area contributed by atoms with Crippen molar-refractivity contribution in [1.82, 2.24) is 24.4 Å². The van der Waals surface area contributed by atoms with Crippen LogP contribution in [0.5, 0.6) is 11.6 Å². The van der Waals surface area contributed by atoms with Crippen molar-refractivity contribution in [1.29, 1.82) is 5.26 Å². The van der Waals surface area contributed by atoms with Crippen molar-refractivity contribution < 1.29 is 9.13 Å². The number of rotatable bonds is 6. The van der Waals surface area contributed by atoms with Crippen LogP contribution in [0.25, 0.3) is 10.9 Å². The first-order valence-corrected chi connectivity index (χ1v) is 11.9. The molecule has 1 fully saturated rings.